The molecule has 180 valence electrons. The van der Waals surface area contributed by atoms with Gasteiger partial charge in [0.05, 0.1) is 18.8 Å². The molecule has 3 rings (SSSR count). The number of hydrogen-bond acceptors (Lipinski definition) is 7. The summed E-state index contributed by atoms with van der Waals surface area (Å²) in [5, 5.41) is 6.17. The number of amides is 1. The Bertz CT molecular complexity index is 1060. The zero-order valence-electron chi connectivity index (χ0n) is 18.4. The van der Waals surface area contributed by atoms with Gasteiger partial charge in [0.15, 0.2) is 5.69 Å². The molecule has 0 bridgehead atoms. The van der Waals surface area contributed by atoms with Crippen LogP contribution < -0.4 is 5.32 Å². The third-order valence-corrected chi connectivity index (χ3v) is 6.08. The van der Waals surface area contributed by atoms with E-state index in [1.54, 1.807) is 6.92 Å². The molecule has 8 nitrogen and oxygen atoms in total. The van der Waals surface area contributed by atoms with E-state index in [0.717, 1.165) is 34.9 Å². The van der Waals surface area contributed by atoms with E-state index in [0.29, 0.717) is 17.7 Å². The molecule has 12 heteroatoms. The minimum atomic E-state index is -4.62. The molecule has 1 aliphatic carbocycles. The Labute approximate surface area is 192 Å². The van der Waals surface area contributed by atoms with Gasteiger partial charge >= 0.3 is 18.1 Å². The Morgan fingerprint density at radius 2 is 1.91 bits per heavy atom. The summed E-state index contributed by atoms with van der Waals surface area (Å²) >= 11 is 0.850. The molecule has 1 fully saturated rings. The van der Waals surface area contributed by atoms with Gasteiger partial charge in [0, 0.05) is 11.6 Å². The average molecular weight is 488 g/mol. The Balaban J connectivity index is 1.87. The number of hydrogen-bond donors (Lipinski definition) is 1. The van der Waals surface area contributed by atoms with E-state index in [9.17, 15) is 27.6 Å². The van der Waals surface area contributed by atoms with Crippen LogP contribution in [0.1, 0.15) is 76.0 Å². The molecule has 2 heterocycles. The SMILES string of the molecule is CCCOC(=O)c1c(NC(=O)Cn2nc(C(F)(F)F)cc2C2CC2)sc(C(=O)OCC)c1C. The quantitative estimate of drug-likeness (QED) is 0.522. The Morgan fingerprint density at radius 1 is 1.21 bits per heavy atom. The number of alkyl halides is 3. The fourth-order valence-electron chi connectivity index (χ4n) is 3.21. The van der Waals surface area contributed by atoms with Gasteiger partial charge in [0.25, 0.3) is 0 Å². The molecule has 2 aromatic rings. The lowest BCUT2D eigenvalue weighted by molar-refractivity contribution is -0.141. The van der Waals surface area contributed by atoms with Crippen LogP contribution in [-0.4, -0.2) is 40.8 Å². The van der Waals surface area contributed by atoms with Crippen molar-refractivity contribution in [2.24, 2.45) is 0 Å². The number of halogens is 3. The first-order chi connectivity index (χ1) is 15.6. The number of ether oxygens (including phenoxy) is 2. The van der Waals surface area contributed by atoms with Gasteiger partial charge in [-0.2, -0.15) is 18.3 Å². The van der Waals surface area contributed by atoms with Crippen molar-refractivity contribution < 1.29 is 37.0 Å². The summed E-state index contributed by atoms with van der Waals surface area (Å²) in [7, 11) is 0. The highest BCUT2D eigenvalue weighted by molar-refractivity contribution is 7.18. The fourth-order valence-corrected chi connectivity index (χ4v) is 4.32. The second-order valence-corrected chi connectivity index (χ2v) is 8.57. The summed E-state index contributed by atoms with van der Waals surface area (Å²) in [5.74, 6) is -2.12. The van der Waals surface area contributed by atoms with Gasteiger partial charge in [-0.25, -0.2) is 9.59 Å². The molecule has 1 saturated carbocycles. The first-order valence-electron chi connectivity index (χ1n) is 10.5. The van der Waals surface area contributed by atoms with E-state index in [4.69, 9.17) is 9.47 Å². The van der Waals surface area contributed by atoms with Crippen molar-refractivity contribution in [2.75, 3.05) is 18.5 Å². The number of aromatic nitrogens is 2. The fraction of sp³-hybridized carbons (Fsp3) is 0.524. The second kappa shape index (κ2) is 9.94. The van der Waals surface area contributed by atoms with Gasteiger partial charge in [-0.3, -0.25) is 9.48 Å². The van der Waals surface area contributed by atoms with Crippen molar-refractivity contribution in [3.8, 4) is 0 Å². The van der Waals surface area contributed by atoms with Crippen molar-refractivity contribution in [3.63, 3.8) is 0 Å². The van der Waals surface area contributed by atoms with Crippen molar-refractivity contribution in [2.45, 2.75) is 58.7 Å². The van der Waals surface area contributed by atoms with Gasteiger partial charge in [-0.05, 0) is 44.7 Å². The Morgan fingerprint density at radius 3 is 2.48 bits per heavy atom. The predicted octanol–water partition coefficient (Wildman–Crippen LogP) is 4.53. The summed E-state index contributed by atoms with van der Waals surface area (Å²) in [6.45, 7) is 4.78. The molecule has 33 heavy (non-hydrogen) atoms. The lowest BCUT2D eigenvalue weighted by Crippen LogP contribution is -2.22. The van der Waals surface area contributed by atoms with Gasteiger partial charge in [0.2, 0.25) is 5.91 Å². The van der Waals surface area contributed by atoms with Gasteiger partial charge in [-0.1, -0.05) is 6.92 Å². The molecule has 1 N–H and O–H groups in total. The molecule has 0 saturated heterocycles. The summed E-state index contributed by atoms with van der Waals surface area (Å²) in [6, 6.07) is 0.965. The number of thiophene rings is 1. The minimum absolute atomic E-state index is 0.0173. The third-order valence-electron chi connectivity index (χ3n) is 4.89. The number of esters is 2. The van der Waals surface area contributed by atoms with Crippen LogP contribution in [0.3, 0.4) is 0 Å². The first-order valence-corrected chi connectivity index (χ1v) is 11.3. The average Bonchev–Trinajstić information content (AvgIpc) is 3.40. The van der Waals surface area contributed by atoms with Crippen molar-refractivity contribution >= 4 is 34.2 Å². The lowest BCUT2D eigenvalue weighted by atomic mass is 10.1. The standard InChI is InChI=1S/C21H24F3N3O5S/c1-4-8-32-19(29)16-11(3)17(20(30)31-5-2)33-18(16)25-15(28)10-27-13(12-6-7-12)9-14(26-27)21(22,23)24/h9,12H,4-8,10H2,1-3H3,(H,25,28). The molecule has 0 radical (unpaired) electrons. The molecule has 0 aliphatic heterocycles. The van der Waals surface area contributed by atoms with E-state index in [-0.39, 0.29) is 34.6 Å². The Kier molecular flexibility index (Phi) is 7.45. The highest BCUT2D eigenvalue weighted by Gasteiger charge is 2.38. The van der Waals surface area contributed by atoms with Crippen molar-refractivity contribution in [1.29, 1.82) is 0 Å². The van der Waals surface area contributed by atoms with Crippen LogP contribution in [0.25, 0.3) is 0 Å². The minimum Gasteiger partial charge on any atom is -0.462 e. The molecule has 0 unspecified atom stereocenters. The number of anilines is 1. The second-order valence-electron chi connectivity index (χ2n) is 7.55. The van der Waals surface area contributed by atoms with Gasteiger partial charge < -0.3 is 14.8 Å². The molecular formula is C21H24F3N3O5S. The smallest absolute Gasteiger partial charge is 0.435 e. The van der Waals surface area contributed by atoms with Crippen molar-refractivity contribution in [1.82, 2.24) is 9.78 Å². The van der Waals surface area contributed by atoms with E-state index >= 15 is 0 Å². The number of carbonyl (C=O) groups excluding carboxylic acids is 3. The van der Waals surface area contributed by atoms with Crippen LogP contribution in [0, 0.1) is 6.92 Å². The van der Waals surface area contributed by atoms with Crippen LogP contribution in [0.2, 0.25) is 0 Å². The molecule has 1 amide bonds. The molecular weight excluding hydrogens is 463 g/mol. The molecule has 0 atom stereocenters. The number of nitrogens with zero attached hydrogens (tertiary/aromatic N) is 2. The van der Waals surface area contributed by atoms with E-state index < -0.39 is 36.3 Å². The van der Waals surface area contributed by atoms with E-state index in [1.807, 2.05) is 6.92 Å². The number of carbonyl (C=O) groups is 3. The number of nitrogens with one attached hydrogen (secondary N) is 1. The first kappa shape index (κ1) is 24.7. The molecule has 1 aliphatic rings. The monoisotopic (exact) mass is 487 g/mol. The van der Waals surface area contributed by atoms with Crippen LogP contribution in [-0.2, 0) is 27.0 Å². The maximum absolute atomic E-state index is 13.1. The normalized spacial score (nSPS) is 13.6. The predicted molar refractivity (Wildman–Crippen MR) is 113 cm³/mol. The van der Waals surface area contributed by atoms with E-state index in [2.05, 4.69) is 10.4 Å². The summed E-state index contributed by atoms with van der Waals surface area (Å²) < 4.78 is 50.5. The van der Waals surface area contributed by atoms with Crippen molar-refractivity contribution in [3.05, 3.63) is 33.5 Å². The summed E-state index contributed by atoms with van der Waals surface area (Å²) in [5.41, 5.74) is -0.400. The molecule has 0 spiro atoms. The maximum Gasteiger partial charge on any atom is 0.435 e. The van der Waals surface area contributed by atoms with Crippen LogP contribution in [0.5, 0.6) is 0 Å². The topological polar surface area (TPSA) is 99.5 Å². The number of rotatable bonds is 9. The summed E-state index contributed by atoms with van der Waals surface area (Å²) in [4.78, 5) is 37.7. The Hall–Kier alpha value is -2.89. The van der Waals surface area contributed by atoms with Crippen LogP contribution >= 0.6 is 11.3 Å². The largest absolute Gasteiger partial charge is 0.462 e. The summed E-state index contributed by atoms with van der Waals surface area (Å²) in [6.07, 6.45) is -2.59. The van der Waals surface area contributed by atoms with E-state index in [1.165, 1.54) is 6.92 Å². The molecule has 2 aromatic heterocycles. The molecule has 0 aromatic carbocycles. The van der Waals surface area contributed by atoms with Crippen LogP contribution in [0.15, 0.2) is 6.07 Å². The highest BCUT2D eigenvalue weighted by atomic mass is 32.1. The van der Waals surface area contributed by atoms with Gasteiger partial charge in [-0.15, -0.1) is 11.3 Å². The zero-order chi connectivity index (χ0) is 24.3. The maximum atomic E-state index is 13.1. The third kappa shape index (κ3) is 5.73. The van der Waals surface area contributed by atoms with Crippen LogP contribution in [0.4, 0.5) is 18.2 Å². The van der Waals surface area contributed by atoms with Gasteiger partial charge in [0.1, 0.15) is 16.4 Å². The highest BCUT2D eigenvalue weighted by Crippen LogP contribution is 2.42. The lowest BCUT2D eigenvalue weighted by Gasteiger charge is -2.09. The zero-order valence-corrected chi connectivity index (χ0v) is 19.2.